The highest BCUT2D eigenvalue weighted by molar-refractivity contribution is 6.15. The zero-order chi connectivity index (χ0) is 16.0. The molecular formula is C18H13N3O2. The molecule has 5 heteroatoms. The molecule has 0 fully saturated rings. The molecule has 112 valence electrons. The third kappa shape index (κ3) is 1.94. The lowest BCUT2D eigenvalue weighted by Gasteiger charge is -2.10. The molecule has 23 heavy (non-hydrogen) atoms. The molecule has 0 amide bonds. The number of aromatic carboxylic acids is 1. The van der Waals surface area contributed by atoms with E-state index in [1.54, 1.807) is 12.3 Å². The molecule has 2 aromatic carbocycles. The summed E-state index contributed by atoms with van der Waals surface area (Å²) in [6, 6.07) is 13.4. The number of nitrogen functional groups attached to an aromatic ring is 1. The minimum atomic E-state index is -1.03. The lowest BCUT2D eigenvalue weighted by molar-refractivity contribution is 0.0697. The van der Waals surface area contributed by atoms with Gasteiger partial charge in [-0.1, -0.05) is 24.3 Å². The van der Waals surface area contributed by atoms with Crippen molar-refractivity contribution in [1.29, 1.82) is 0 Å². The number of pyridine rings is 1. The molecule has 4 N–H and O–H groups in total. The monoisotopic (exact) mass is 303 g/mol. The van der Waals surface area contributed by atoms with Crippen molar-refractivity contribution < 1.29 is 9.90 Å². The van der Waals surface area contributed by atoms with Crippen LogP contribution < -0.4 is 5.73 Å². The summed E-state index contributed by atoms with van der Waals surface area (Å²) in [4.78, 5) is 18.8. The van der Waals surface area contributed by atoms with Gasteiger partial charge in [-0.3, -0.25) is 4.98 Å². The van der Waals surface area contributed by atoms with Gasteiger partial charge in [0.2, 0.25) is 0 Å². The van der Waals surface area contributed by atoms with Gasteiger partial charge in [0, 0.05) is 45.5 Å². The van der Waals surface area contributed by atoms with Crippen LogP contribution in [0.25, 0.3) is 32.9 Å². The maximum Gasteiger partial charge on any atom is 0.337 e. The first kappa shape index (κ1) is 13.3. The molecule has 4 rings (SSSR count). The molecule has 2 heterocycles. The van der Waals surface area contributed by atoms with E-state index in [0.29, 0.717) is 16.8 Å². The van der Waals surface area contributed by atoms with Crippen molar-refractivity contribution in [1.82, 2.24) is 9.97 Å². The number of carboxylic acid groups (broad SMARTS) is 1. The number of hydrogen-bond donors (Lipinski definition) is 3. The van der Waals surface area contributed by atoms with Crippen LogP contribution in [0.3, 0.4) is 0 Å². The number of aromatic amines is 1. The van der Waals surface area contributed by atoms with Gasteiger partial charge >= 0.3 is 5.97 Å². The van der Waals surface area contributed by atoms with Crippen LogP contribution in [0.4, 0.5) is 5.69 Å². The minimum Gasteiger partial charge on any atom is -0.478 e. The van der Waals surface area contributed by atoms with Crippen molar-refractivity contribution in [3.05, 3.63) is 60.4 Å². The number of carbonyl (C=O) groups is 1. The Balaban J connectivity index is 2.15. The Morgan fingerprint density at radius 3 is 2.74 bits per heavy atom. The van der Waals surface area contributed by atoms with E-state index in [0.717, 1.165) is 21.8 Å². The summed E-state index contributed by atoms with van der Waals surface area (Å²) in [6.07, 6.45) is 2.92. The lowest BCUT2D eigenvalue weighted by Crippen LogP contribution is -2.02. The number of hydrogen-bond acceptors (Lipinski definition) is 3. The zero-order valence-corrected chi connectivity index (χ0v) is 12.1. The highest BCUT2D eigenvalue weighted by Crippen LogP contribution is 2.38. The second-order valence-corrected chi connectivity index (χ2v) is 5.35. The third-order valence-electron chi connectivity index (χ3n) is 4.04. The summed E-state index contributed by atoms with van der Waals surface area (Å²) in [7, 11) is 0. The van der Waals surface area contributed by atoms with Crippen molar-refractivity contribution >= 4 is 33.5 Å². The molecule has 0 unspecified atom stereocenters. The average Bonchev–Trinajstić information content (AvgIpc) is 2.93. The zero-order valence-electron chi connectivity index (χ0n) is 12.1. The summed E-state index contributed by atoms with van der Waals surface area (Å²) in [5.41, 5.74) is 9.90. The molecule has 5 nitrogen and oxygen atoms in total. The standard InChI is InChI=1S/C18H13N3O2/c19-14-6-5-12-10-3-1-2-4-15(10)21-17(12)16(14)11-7-8-20-9-13(11)18(22)23/h1-9,21H,19H2,(H,22,23). The number of benzene rings is 2. The molecule has 0 aliphatic heterocycles. The Bertz CT molecular complexity index is 1070. The van der Waals surface area contributed by atoms with E-state index in [1.807, 2.05) is 36.4 Å². The van der Waals surface area contributed by atoms with Crippen molar-refractivity contribution in [3.63, 3.8) is 0 Å². The number of aromatic nitrogens is 2. The molecule has 2 aromatic heterocycles. The Morgan fingerprint density at radius 2 is 1.91 bits per heavy atom. The predicted molar refractivity (Wildman–Crippen MR) is 90.4 cm³/mol. The molecule has 0 bridgehead atoms. The van der Waals surface area contributed by atoms with E-state index >= 15 is 0 Å². The normalized spacial score (nSPS) is 11.1. The summed E-state index contributed by atoms with van der Waals surface area (Å²) in [6.45, 7) is 0. The first-order valence-electron chi connectivity index (χ1n) is 7.13. The van der Waals surface area contributed by atoms with Crippen LogP contribution in [0.15, 0.2) is 54.9 Å². The van der Waals surface area contributed by atoms with Crippen molar-refractivity contribution in [2.75, 3.05) is 5.73 Å². The number of H-pyrrole nitrogens is 1. The Morgan fingerprint density at radius 1 is 1.09 bits per heavy atom. The number of anilines is 1. The van der Waals surface area contributed by atoms with Crippen LogP contribution in [0.1, 0.15) is 10.4 Å². The Labute approximate surface area is 131 Å². The fourth-order valence-corrected chi connectivity index (χ4v) is 3.01. The summed E-state index contributed by atoms with van der Waals surface area (Å²) in [5.74, 6) is -1.03. The van der Waals surface area contributed by atoms with Crippen LogP contribution in [0.2, 0.25) is 0 Å². The van der Waals surface area contributed by atoms with Gasteiger partial charge in [0.05, 0.1) is 11.1 Å². The first-order valence-corrected chi connectivity index (χ1v) is 7.13. The number of para-hydroxylation sites is 1. The van der Waals surface area contributed by atoms with Gasteiger partial charge in [0.1, 0.15) is 0 Å². The maximum atomic E-state index is 11.5. The lowest BCUT2D eigenvalue weighted by atomic mass is 9.97. The first-order chi connectivity index (χ1) is 11.2. The van der Waals surface area contributed by atoms with Crippen LogP contribution in [0.5, 0.6) is 0 Å². The van der Waals surface area contributed by atoms with Crippen LogP contribution in [-0.2, 0) is 0 Å². The number of nitrogens with zero attached hydrogens (tertiary/aromatic N) is 1. The van der Waals surface area contributed by atoms with Crippen LogP contribution in [0, 0.1) is 0 Å². The summed E-state index contributed by atoms with van der Waals surface area (Å²) in [5, 5.41) is 11.5. The fraction of sp³-hybridized carbons (Fsp3) is 0. The number of rotatable bonds is 2. The van der Waals surface area contributed by atoms with Gasteiger partial charge < -0.3 is 15.8 Å². The fourth-order valence-electron chi connectivity index (χ4n) is 3.01. The van der Waals surface area contributed by atoms with Crippen LogP contribution in [-0.4, -0.2) is 21.0 Å². The van der Waals surface area contributed by atoms with E-state index in [1.165, 1.54) is 6.20 Å². The van der Waals surface area contributed by atoms with Gasteiger partial charge in [-0.2, -0.15) is 0 Å². The van der Waals surface area contributed by atoms with Gasteiger partial charge in [-0.15, -0.1) is 0 Å². The highest BCUT2D eigenvalue weighted by atomic mass is 16.4. The Kier molecular flexibility index (Phi) is 2.81. The van der Waals surface area contributed by atoms with Crippen molar-refractivity contribution in [2.45, 2.75) is 0 Å². The molecular weight excluding hydrogens is 290 g/mol. The minimum absolute atomic E-state index is 0.130. The number of nitrogens with two attached hydrogens (primary N) is 1. The smallest absolute Gasteiger partial charge is 0.337 e. The molecule has 0 radical (unpaired) electrons. The molecule has 0 spiro atoms. The number of carboxylic acids is 1. The van der Waals surface area contributed by atoms with Crippen LogP contribution >= 0.6 is 0 Å². The van der Waals surface area contributed by atoms with E-state index in [2.05, 4.69) is 9.97 Å². The van der Waals surface area contributed by atoms with Gasteiger partial charge in [0.25, 0.3) is 0 Å². The van der Waals surface area contributed by atoms with E-state index in [9.17, 15) is 9.90 Å². The predicted octanol–water partition coefficient (Wildman–Crippen LogP) is 3.66. The third-order valence-corrected chi connectivity index (χ3v) is 4.04. The van der Waals surface area contributed by atoms with Gasteiger partial charge in [-0.25, -0.2) is 4.79 Å². The summed E-state index contributed by atoms with van der Waals surface area (Å²) >= 11 is 0. The molecule has 4 aromatic rings. The molecule has 0 aliphatic carbocycles. The highest BCUT2D eigenvalue weighted by Gasteiger charge is 2.18. The van der Waals surface area contributed by atoms with Gasteiger partial charge in [-0.05, 0) is 18.2 Å². The van der Waals surface area contributed by atoms with E-state index in [-0.39, 0.29) is 5.56 Å². The Hall–Kier alpha value is -3.34. The molecule has 0 saturated carbocycles. The number of fused-ring (bicyclic) bond motifs is 3. The van der Waals surface area contributed by atoms with Gasteiger partial charge in [0.15, 0.2) is 0 Å². The van der Waals surface area contributed by atoms with Crippen molar-refractivity contribution in [3.8, 4) is 11.1 Å². The summed E-state index contributed by atoms with van der Waals surface area (Å²) < 4.78 is 0. The second-order valence-electron chi connectivity index (χ2n) is 5.35. The average molecular weight is 303 g/mol. The largest absolute Gasteiger partial charge is 0.478 e. The second kappa shape index (κ2) is 4.84. The quantitative estimate of drug-likeness (QED) is 0.493. The topological polar surface area (TPSA) is 92.0 Å². The maximum absolute atomic E-state index is 11.5. The van der Waals surface area contributed by atoms with E-state index in [4.69, 9.17) is 5.73 Å². The SMILES string of the molecule is Nc1ccc2c([nH]c3ccccc32)c1-c1ccncc1C(=O)O. The van der Waals surface area contributed by atoms with E-state index < -0.39 is 5.97 Å². The molecule has 0 aliphatic rings. The molecule has 0 atom stereocenters. The number of nitrogens with one attached hydrogen (secondary N) is 1. The molecule has 0 saturated heterocycles. The van der Waals surface area contributed by atoms with Crippen molar-refractivity contribution in [2.24, 2.45) is 0 Å².